The van der Waals surface area contributed by atoms with Crippen LogP contribution in [0.15, 0.2) is 23.7 Å². The van der Waals surface area contributed by atoms with Gasteiger partial charge in [0.1, 0.15) is 0 Å². The van der Waals surface area contributed by atoms with Gasteiger partial charge in [0.2, 0.25) is 0 Å². The molecule has 9 heteroatoms. The minimum atomic E-state index is -3.73. The Morgan fingerprint density at radius 3 is 2.95 bits per heavy atom. The van der Waals surface area contributed by atoms with E-state index in [0.29, 0.717) is 11.3 Å². The lowest BCUT2D eigenvalue weighted by atomic mass is 10.4. The van der Waals surface area contributed by atoms with Crippen LogP contribution >= 0.6 is 11.3 Å². The summed E-state index contributed by atoms with van der Waals surface area (Å²) in [7, 11) is -2.04. The van der Waals surface area contributed by atoms with Crippen molar-refractivity contribution in [1.82, 2.24) is 14.5 Å². The van der Waals surface area contributed by atoms with Crippen molar-refractivity contribution in [3.05, 3.63) is 23.6 Å². The third-order valence-electron chi connectivity index (χ3n) is 2.13. The lowest BCUT2D eigenvalue weighted by molar-refractivity contribution is 0.305. The van der Waals surface area contributed by atoms with Gasteiger partial charge in [0.25, 0.3) is 10.0 Å². The van der Waals surface area contributed by atoms with Gasteiger partial charge < -0.3 is 9.67 Å². The largest absolute Gasteiger partial charge is 0.395 e. The zero-order chi connectivity index (χ0) is 14.6. The van der Waals surface area contributed by atoms with E-state index in [4.69, 9.17) is 5.11 Å². The first-order valence-corrected chi connectivity index (χ1v) is 7.87. The Bertz CT molecular complexity index is 752. The Morgan fingerprint density at radius 1 is 1.50 bits per heavy atom. The summed E-state index contributed by atoms with van der Waals surface area (Å²) in [5.41, 5.74) is 0. The Balaban J connectivity index is 2.13. The normalized spacial score (nSPS) is 10.9. The Morgan fingerprint density at radius 2 is 2.30 bits per heavy atom. The fraction of sp³-hybridized carbons (Fsp3) is 0.273. The van der Waals surface area contributed by atoms with Crippen LogP contribution in [0.3, 0.4) is 0 Å². The monoisotopic (exact) mass is 312 g/mol. The van der Waals surface area contributed by atoms with E-state index >= 15 is 0 Å². The molecule has 2 N–H and O–H groups in total. The number of thiazole rings is 1. The third-order valence-corrected chi connectivity index (χ3v) is 4.31. The molecule has 0 bridgehead atoms. The number of rotatable bonds is 4. The number of sulfonamides is 1. The van der Waals surface area contributed by atoms with Crippen LogP contribution in [-0.2, 0) is 17.1 Å². The maximum atomic E-state index is 12.0. The highest BCUT2D eigenvalue weighted by atomic mass is 32.2. The minimum absolute atomic E-state index is 0.00896. The van der Waals surface area contributed by atoms with Crippen molar-refractivity contribution in [2.45, 2.75) is 11.4 Å². The first-order chi connectivity index (χ1) is 9.51. The van der Waals surface area contributed by atoms with E-state index in [9.17, 15) is 8.42 Å². The molecule has 0 unspecified atom stereocenters. The summed E-state index contributed by atoms with van der Waals surface area (Å²) >= 11 is 1.12. The molecule has 2 rings (SSSR count). The highest BCUT2D eigenvalue weighted by molar-refractivity contribution is 7.92. The number of hydrogen-bond acceptors (Lipinski definition) is 6. The maximum absolute atomic E-state index is 12.0. The van der Waals surface area contributed by atoms with E-state index in [1.165, 1.54) is 18.7 Å². The molecule has 0 aliphatic heterocycles. The summed E-state index contributed by atoms with van der Waals surface area (Å²) in [5, 5.41) is 8.77. The van der Waals surface area contributed by atoms with Gasteiger partial charge in [0.05, 0.1) is 24.0 Å². The SMILES string of the molecule is Cn1cnc(S(=O)(=O)Nc2ncc(C#CCCO)s2)c1. The summed E-state index contributed by atoms with van der Waals surface area (Å²) in [6, 6.07) is 0. The number of aliphatic hydroxyl groups excluding tert-OH is 1. The second-order valence-corrected chi connectivity index (χ2v) is 6.45. The van der Waals surface area contributed by atoms with Gasteiger partial charge in [-0.1, -0.05) is 23.2 Å². The van der Waals surface area contributed by atoms with Gasteiger partial charge in [0.15, 0.2) is 10.2 Å². The molecule has 0 radical (unpaired) electrons. The van der Waals surface area contributed by atoms with Crippen molar-refractivity contribution in [2.75, 3.05) is 11.3 Å². The molecule has 2 heterocycles. The van der Waals surface area contributed by atoms with E-state index < -0.39 is 10.0 Å². The molecular weight excluding hydrogens is 300 g/mol. The molecule has 7 nitrogen and oxygen atoms in total. The van der Waals surface area contributed by atoms with E-state index in [-0.39, 0.29) is 16.8 Å². The summed E-state index contributed by atoms with van der Waals surface area (Å²) < 4.78 is 27.9. The molecule has 0 aliphatic carbocycles. The number of aromatic nitrogens is 3. The van der Waals surface area contributed by atoms with Crippen LogP contribution < -0.4 is 4.72 Å². The third kappa shape index (κ3) is 3.57. The number of nitrogens with one attached hydrogen (secondary N) is 1. The number of imidazole rings is 1. The highest BCUT2D eigenvalue weighted by Crippen LogP contribution is 2.20. The molecule has 0 saturated carbocycles. The average molecular weight is 312 g/mol. The van der Waals surface area contributed by atoms with Crippen molar-refractivity contribution in [3.63, 3.8) is 0 Å². The Kier molecular flexibility index (Phi) is 4.39. The van der Waals surface area contributed by atoms with Gasteiger partial charge in [-0.15, -0.1) is 0 Å². The molecule has 20 heavy (non-hydrogen) atoms. The number of nitrogens with zero attached hydrogens (tertiary/aromatic N) is 3. The molecule has 0 saturated heterocycles. The lowest BCUT2D eigenvalue weighted by Gasteiger charge is -2.00. The minimum Gasteiger partial charge on any atom is -0.395 e. The van der Waals surface area contributed by atoms with Gasteiger partial charge in [-0.2, -0.15) is 8.42 Å². The summed E-state index contributed by atoms with van der Waals surface area (Å²) in [5.74, 6) is 5.53. The van der Waals surface area contributed by atoms with Crippen molar-refractivity contribution in [1.29, 1.82) is 0 Å². The van der Waals surface area contributed by atoms with E-state index in [0.717, 1.165) is 11.3 Å². The average Bonchev–Trinajstić information content (AvgIpc) is 2.99. The molecule has 0 amide bonds. The van der Waals surface area contributed by atoms with Gasteiger partial charge >= 0.3 is 0 Å². The molecule has 0 aromatic carbocycles. The summed E-state index contributed by atoms with van der Waals surface area (Å²) in [4.78, 5) is 8.35. The molecule has 2 aromatic heterocycles. The van der Waals surface area contributed by atoms with Crippen LogP contribution in [0.25, 0.3) is 0 Å². The predicted octanol–water partition coefficient (Wildman–Crippen LogP) is 0.411. The van der Waals surface area contributed by atoms with Gasteiger partial charge in [-0.25, -0.2) is 9.97 Å². The van der Waals surface area contributed by atoms with E-state index in [1.807, 2.05) is 0 Å². The summed E-state index contributed by atoms with van der Waals surface area (Å²) in [6.07, 6.45) is 4.65. The van der Waals surface area contributed by atoms with Crippen molar-refractivity contribution in [3.8, 4) is 11.8 Å². The smallest absolute Gasteiger partial charge is 0.282 e. The van der Waals surface area contributed by atoms with Crippen molar-refractivity contribution >= 4 is 26.5 Å². The molecule has 0 fully saturated rings. The zero-order valence-electron chi connectivity index (χ0n) is 10.6. The number of aryl methyl sites for hydroxylation is 1. The molecule has 2 aromatic rings. The molecule has 0 atom stereocenters. The van der Waals surface area contributed by atoms with Gasteiger partial charge in [0, 0.05) is 19.7 Å². The second kappa shape index (κ2) is 6.04. The van der Waals surface area contributed by atoms with Crippen LogP contribution in [0, 0.1) is 11.8 Å². The van der Waals surface area contributed by atoms with Crippen LogP contribution in [0.2, 0.25) is 0 Å². The number of aliphatic hydroxyl groups is 1. The lowest BCUT2D eigenvalue weighted by Crippen LogP contribution is -2.13. The fourth-order valence-corrected chi connectivity index (χ4v) is 3.20. The van der Waals surface area contributed by atoms with Crippen LogP contribution in [0.1, 0.15) is 11.3 Å². The number of anilines is 1. The van der Waals surface area contributed by atoms with Gasteiger partial charge in [-0.05, 0) is 0 Å². The van der Waals surface area contributed by atoms with E-state index in [1.54, 1.807) is 11.6 Å². The van der Waals surface area contributed by atoms with Gasteiger partial charge in [-0.3, -0.25) is 4.72 Å². The molecule has 0 aliphatic rings. The van der Waals surface area contributed by atoms with E-state index in [2.05, 4.69) is 26.5 Å². The van der Waals surface area contributed by atoms with Crippen LogP contribution in [0.5, 0.6) is 0 Å². The first-order valence-electron chi connectivity index (χ1n) is 5.57. The standard InChI is InChI=1S/C11H12N4O3S2/c1-15-7-10(13-8-15)20(17,18)14-11-12-6-9(19-11)4-2-3-5-16/h6-8,16H,3,5H2,1H3,(H,12,14). The first kappa shape index (κ1) is 14.5. The Hall–Kier alpha value is -1.89. The topological polar surface area (TPSA) is 97.1 Å². The fourth-order valence-electron chi connectivity index (χ4n) is 1.28. The predicted molar refractivity (Wildman–Crippen MR) is 74.7 cm³/mol. The van der Waals surface area contributed by atoms with Crippen LogP contribution in [0.4, 0.5) is 5.13 Å². The van der Waals surface area contributed by atoms with Crippen LogP contribution in [-0.4, -0.2) is 34.7 Å². The zero-order valence-corrected chi connectivity index (χ0v) is 12.2. The van der Waals surface area contributed by atoms with Crippen molar-refractivity contribution < 1.29 is 13.5 Å². The van der Waals surface area contributed by atoms with Crippen molar-refractivity contribution in [2.24, 2.45) is 7.05 Å². The number of hydrogen-bond donors (Lipinski definition) is 2. The molecule has 106 valence electrons. The Labute approximate surface area is 120 Å². The molecular formula is C11H12N4O3S2. The maximum Gasteiger partial charge on any atom is 0.282 e. The highest BCUT2D eigenvalue weighted by Gasteiger charge is 2.18. The molecule has 0 spiro atoms. The quantitative estimate of drug-likeness (QED) is 0.797. The summed E-state index contributed by atoms with van der Waals surface area (Å²) in [6.45, 7) is -0.00896. The second-order valence-electron chi connectivity index (χ2n) is 3.79.